The third-order valence-corrected chi connectivity index (χ3v) is 1.49. The van der Waals surface area contributed by atoms with Crippen molar-refractivity contribution in [2.45, 2.75) is 0 Å². The minimum Gasteiger partial charge on any atom is -0.254 e. The first-order valence-corrected chi connectivity index (χ1v) is 3.73. The van der Waals surface area contributed by atoms with Gasteiger partial charge in [0.15, 0.2) is 0 Å². The van der Waals surface area contributed by atoms with E-state index in [2.05, 4.69) is 5.73 Å². The highest BCUT2D eigenvalue weighted by atomic mass is 31.1. The van der Waals surface area contributed by atoms with Gasteiger partial charge in [-0.1, -0.05) is 0 Å². The summed E-state index contributed by atoms with van der Waals surface area (Å²) in [6, 6.07) is 0. The maximum absolute atomic E-state index is 10.1. The number of quaternary nitrogens is 1. The molecule has 1 atom stereocenters. The van der Waals surface area contributed by atoms with E-state index in [1.165, 1.54) is 4.58 Å². The summed E-state index contributed by atoms with van der Waals surface area (Å²) >= 11 is 0. The Morgan fingerprint density at radius 2 is 2.44 bits per heavy atom. The molecule has 0 aliphatic rings. The van der Waals surface area contributed by atoms with E-state index in [4.69, 9.17) is 10.6 Å². The molecule has 0 fully saturated rings. The van der Waals surface area contributed by atoms with Crippen LogP contribution in [-0.4, -0.2) is 28.8 Å². The molecule has 52 valence electrons. The molecule has 6 heteroatoms. The summed E-state index contributed by atoms with van der Waals surface area (Å²) in [5.74, 6) is 0.299. The van der Waals surface area contributed by atoms with Crippen LogP contribution in [0, 0.1) is 0 Å². The SMILES string of the molecule is C[N+](C[P+](=O)O)=C(N)[NH3+]. The third kappa shape index (κ3) is 4.02. The number of rotatable bonds is 2. The second-order valence-electron chi connectivity index (χ2n) is 1.68. The van der Waals surface area contributed by atoms with E-state index in [1.54, 1.807) is 7.05 Å². The van der Waals surface area contributed by atoms with Gasteiger partial charge < -0.3 is 0 Å². The van der Waals surface area contributed by atoms with Crippen LogP contribution in [0.1, 0.15) is 0 Å². The molecule has 0 amide bonds. The van der Waals surface area contributed by atoms with E-state index in [0.717, 1.165) is 0 Å². The van der Waals surface area contributed by atoms with Gasteiger partial charge in [0.25, 0.3) is 0 Å². The maximum atomic E-state index is 10.1. The zero-order chi connectivity index (χ0) is 7.44. The summed E-state index contributed by atoms with van der Waals surface area (Å²) in [6.07, 6.45) is 0.0463. The number of nitrogens with two attached hydrogens (primary N) is 1. The second-order valence-corrected chi connectivity index (χ2v) is 2.67. The fraction of sp³-hybridized carbons (Fsp3) is 0.667. The van der Waals surface area contributed by atoms with E-state index in [9.17, 15) is 4.57 Å². The van der Waals surface area contributed by atoms with Crippen LogP contribution in [0.25, 0.3) is 0 Å². The Balaban J connectivity index is 3.92. The average Bonchev–Trinajstić information content (AvgIpc) is 1.63. The Kier molecular flexibility index (Phi) is 3.30. The zero-order valence-electron chi connectivity index (χ0n) is 5.24. The van der Waals surface area contributed by atoms with E-state index in [1.807, 2.05) is 0 Å². The van der Waals surface area contributed by atoms with Gasteiger partial charge in [-0.2, -0.15) is 9.47 Å². The van der Waals surface area contributed by atoms with Crippen molar-refractivity contribution in [3.63, 3.8) is 0 Å². The lowest BCUT2D eigenvalue weighted by atomic mass is 10.9. The Morgan fingerprint density at radius 3 is 2.56 bits per heavy atom. The predicted molar refractivity (Wildman–Crippen MR) is 33.0 cm³/mol. The molecule has 0 heterocycles. The first kappa shape index (κ1) is 8.49. The van der Waals surface area contributed by atoms with Crippen LogP contribution < -0.4 is 11.5 Å². The molecule has 0 aromatic carbocycles. The molecule has 0 saturated heterocycles. The topological polar surface area (TPSA) is 94.0 Å². The Bertz CT molecular complexity index is 151. The predicted octanol–water partition coefficient (Wildman–Crippen LogP) is -2.12. The van der Waals surface area contributed by atoms with E-state index >= 15 is 0 Å². The fourth-order valence-electron chi connectivity index (χ4n) is 0.272. The molecule has 0 bridgehead atoms. The van der Waals surface area contributed by atoms with Crippen molar-refractivity contribution < 1.29 is 19.8 Å². The van der Waals surface area contributed by atoms with Crippen molar-refractivity contribution in [2.24, 2.45) is 5.73 Å². The average molecular weight is 152 g/mol. The Labute approximate surface area is 53.8 Å². The summed E-state index contributed by atoms with van der Waals surface area (Å²) in [5.41, 5.74) is 8.55. The van der Waals surface area contributed by atoms with E-state index in [0.29, 0.717) is 5.96 Å². The maximum Gasteiger partial charge on any atom is 0.551 e. The third-order valence-electron chi connectivity index (χ3n) is 0.823. The molecular formula is C3H11N3O2P+3. The normalized spacial score (nSPS) is 14.8. The first-order valence-electron chi connectivity index (χ1n) is 2.33. The largest absolute Gasteiger partial charge is 0.551 e. The minimum atomic E-state index is -2.14. The van der Waals surface area contributed by atoms with Gasteiger partial charge in [0, 0.05) is 0 Å². The van der Waals surface area contributed by atoms with Gasteiger partial charge in [0.05, 0.1) is 7.05 Å². The lowest BCUT2D eigenvalue weighted by Gasteiger charge is -1.84. The molecule has 0 aliphatic heterocycles. The van der Waals surface area contributed by atoms with Crippen molar-refractivity contribution in [2.75, 3.05) is 13.3 Å². The smallest absolute Gasteiger partial charge is 0.254 e. The summed E-state index contributed by atoms with van der Waals surface area (Å²) in [6.45, 7) is 0. The molecule has 0 aromatic heterocycles. The molecule has 0 radical (unpaired) electrons. The Hall–Kier alpha value is -0.510. The van der Waals surface area contributed by atoms with Gasteiger partial charge in [-0.15, -0.1) is 0 Å². The Morgan fingerprint density at radius 1 is 2.00 bits per heavy atom. The lowest BCUT2D eigenvalue weighted by molar-refractivity contribution is -0.520. The first-order chi connectivity index (χ1) is 4.04. The van der Waals surface area contributed by atoms with E-state index < -0.39 is 8.03 Å². The van der Waals surface area contributed by atoms with Crippen molar-refractivity contribution in [3.8, 4) is 0 Å². The van der Waals surface area contributed by atoms with Crippen LogP contribution in [0.15, 0.2) is 0 Å². The minimum absolute atomic E-state index is 0.0463. The number of nitrogens with zero attached hydrogens (tertiary/aromatic N) is 1. The second kappa shape index (κ2) is 3.50. The summed E-state index contributed by atoms with van der Waals surface area (Å²) in [4.78, 5) is 8.34. The summed E-state index contributed by atoms with van der Waals surface area (Å²) < 4.78 is 11.5. The van der Waals surface area contributed by atoms with Crippen molar-refractivity contribution in [3.05, 3.63) is 0 Å². The highest BCUT2D eigenvalue weighted by Gasteiger charge is 2.16. The van der Waals surface area contributed by atoms with Crippen LogP contribution in [-0.2, 0) is 4.57 Å². The molecule has 0 aliphatic carbocycles. The van der Waals surface area contributed by atoms with Crippen LogP contribution in [0.4, 0.5) is 0 Å². The molecule has 6 N–H and O–H groups in total. The van der Waals surface area contributed by atoms with Gasteiger partial charge >= 0.3 is 20.3 Å². The van der Waals surface area contributed by atoms with Gasteiger partial charge in [-0.3, -0.25) is 5.73 Å². The monoisotopic (exact) mass is 152 g/mol. The molecule has 0 spiro atoms. The van der Waals surface area contributed by atoms with E-state index in [-0.39, 0.29) is 6.29 Å². The number of hydrogen-bond acceptors (Lipinski definition) is 1. The quantitative estimate of drug-likeness (QED) is 0.183. The summed E-state index contributed by atoms with van der Waals surface area (Å²) in [7, 11) is -0.534. The van der Waals surface area contributed by atoms with Gasteiger partial charge in [0.1, 0.15) is 0 Å². The van der Waals surface area contributed by atoms with Crippen molar-refractivity contribution >= 4 is 14.0 Å². The van der Waals surface area contributed by atoms with Crippen LogP contribution in [0.2, 0.25) is 0 Å². The van der Waals surface area contributed by atoms with Gasteiger partial charge in [-0.25, -0.2) is 5.73 Å². The fourth-order valence-corrected chi connectivity index (χ4v) is 0.817. The van der Waals surface area contributed by atoms with Gasteiger partial charge in [0.2, 0.25) is 0 Å². The van der Waals surface area contributed by atoms with Crippen LogP contribution >= 0.6 is 8.03 Å². The summed E-state index contributed by atoms with van der Waals surface area (Å²) in [5, 5.41) is 0. The number of guanidine groups is 1. The highest BCUT2D eigenvalue weighted by molar-refractivity contribution is 7.37. The highest BCUT2D eigenvalue weighted by Crippen LogP contribution is 2.09. The molecule has 0 rings (SSSR count). The molecule has 0 aromatic rings. The van der Waals surface area contributed by atoms with Crippen molar-refractivity contribution in [1.82, 2.24) is 0 Å². The molecule has 5 nitrogen and oxygen atoms in total. The zero-order valence-corrected chi connectivity index (χ0v) is 6.14. The van der Waals surface area contributed by atoms with Gasteiger partial charge in [-0.05, 0) is 4.57 Å². The van der Waals surface area contributed by atoms with Crippen LogP contribution in [0.5, 0.6) is 0 Å². The molecule has 1 unspecified atom stereocenters. The molecular weight excluding hydrogens is 141 g/mol. The molecule has 0 saturated carbocycles. The standard InChI is InChI=1S/C3H8N3O2P/c1-6(3(4)5)2-9(7)8/h2H2,1H3,(H3-,4,5,7,8)/p+3. The number of hydrogen-bond donors (Lipinski definition) is 3. The molecule has 9 heavy (non-hydrogen) atoms. The van der Waals surface area contributed by atoms with Crippen LogP contribution in [0.3, 0.4) is 0 Å². The lowest BCUT2D eigenvalue weighted by Crippen LogP contribution is -2.65. The van der Waals surface area contributed by atoms with Crippen molar-refractivity contribution in [1.29, 1.82) is 0 Å².